The largest absolute Gasteiger partial charge is 0.443 e. The molecule has 6 nitrogen and oxygen atoms in total. The number of aliphatic hydroxyl groups is 1. The number of alkyl halides is 3. The summed E-state index contributed by atoms with van der Waals surface area (Å²) in [6, 6.07) is 0.986. The van der Waals surface area contributed by atoms with Crippen molar-refractivity contribution in [2.24, 2.45) is 0 Å². The van der Waals surface area contributed by atoms with Crippen LogP contribution in [0.1, 0.15) is 36.7 Å². The lowest BCUT2D eigenvalue weighted by atomic mass is 10.1. The number of halogens is 3. The van der Waals surface area contributed by atoms with Crippen LogP contribution in [-0.4, -0.2) is 37.5 Å². The summed E-state index contributed by atoms with van der Waals surface area (Å²) < 4.78 is 46.6. The Balaban J connectivity index is 1.86. The van der Waals surface area contributed by atoms with Crippen LogP contribution in [0.25, 0.3) is 17.0 Å². The van der Waals surface area contributed by atoms with Gasteiger partial charge < -0.3 is 9.52 Å². The van der Waals surface area contributed by atoms with Crippen molar-refractivity contribution < 1.29 is 22.7 Å². The predicted octanol–water partition coefficient (Wildman–Crippen LogP) is 3.48. The molecular formula is C17H17F3N4O2. The summed E-state index contributed by atoms with van der Waals surface area (Å²) in [5, 5.41) is 10.7. The van der Waals surface area contributed by atoms with E-state index >= 15 is 0 Å². The van der Waals surface area contributed by atoms with E-state index in [2.05, 4.69) is 9.97 Å². The van der Waals surface area contributed by atoms with E-state index in [-0.39, 0.29) is 17.0 Å². The van der Waals surface area contributed by atoms with Gasteiger partial charge >= 0.3 is 6.18 Å². The molecule has 138 valence electrons. The van der Waals surface area contributed by atoms with Gasteiger partial charge in [-0.1, -0.05) is 6.42 Å². The normalized spacial score (nSPS) is 17.7. The van der Waals surface area contributed by atoms with Gasteiger partial charge in [-0.15, -0.1) is 0 Å². The van der Waals surface area contributed by atoms with Crippen molar-refractivity contribution >= 4 is 5.65 Å². The van der Waals surface area contributed by atoms with Crippen molar-refractivity contribution in [2.75, 3.05) is 13.1 Å². The first-order chi connectivity index (χ1) is 12.4. The highest BCUT2D eigenvalue weighted by Gasteiger charge is 2.33. The van der Waals surface area contributed by atoms with Gasteiger partial charge in [-0.3, -0.25) is 9.30 Å². The summed E-state index contributed by atoms with van der Waals surface area (Å²) in [6.45, 7) is 1.39. The van der Waals surface area contributed by atoms with Gasteiger partial charge in [-0.25, -0.2) is 9.97 Å². The zero-order chi connectivity index (χ0) is 18.3. The molecule has 0 bridgehead atoms. The third kappa shape index (κ3) is 2.97. The average molecular weight is 366 g/mol. The van der Waals surface area contributed by atoms with E-state index in [1.807, 2.05) is 4.90 Å². The van der Waals surface area contributed by atoms with E-state index in [1.54, 1.807) is 0 Å². The Morgan fingerprint density at radius 2 is 1.92 bits per heavy atom. The van der Waals surface area contributed by atoms with E-state index in [9.17, 15) is 18.3 Å². The summed E-state index contributed by atoms with van der Waals surface area (Å²) in [6.07, 6.45) is 2.29. The highest BCUT2D eigenvalue weighted by atomic mass is 19.4. The number of pyridine rings is 1. The van der Waals surface area contributed by atoms with E-state index in [0.717, 1.165) is 37.9 Å². The van der Waals surface area contributed by atoms with E-state index in [4.69, 9.17) is 4.42 Å². The number of nitrogens with zero attached hydrogens (tertiary/aromatic N) is 4. The van der Waals surface area contributed by atoms with Crippen molar-refractivity contribution in [3.05, 3.63) is 42.3 Å². The molecule has 0 radical (unpaired) electrons. The molecule has 0 amide bonds. The van der Waals surface area contributed by atoms with E-state index in [1.165, 1.54) is 16.8 Å². The second-order valence-corrected chi connectivity index (χ2v) is 6.35. The second-order valence-electron chi connectivity index (χ2n) is 6.35. The molecule has 9 heteroatoms. The molecule has 1 atom stereocenters. The number of fused-ring (bicyclic) bond motifs is 1. The molecule has 1 unspecified atom stereocenters. The molecule has 4 heterocycles. The molecule has 0 aliphatic carbocycles. The average Bonchev–Trinajstić information content (AvgIpc) is 3.30. The highest BCUT2D eigenvalue weighted by Crippen LogP contribution is 2.35. The molecule has 0 saturated carbocycles. The fourth-order valence-corrected chi connectivity index (χ4v) is 3.33. The van der Waals surface area contributed by atoms with Gasteiger partial charge in [0.15, 0.2) is 18.4 Å². The van der Waals surface area contributed by atoms with Gasteiger partial charge in [0.25, 0.3) is 0 Å². The van der Waals surface area contributed by atoms with Gasteiger partial charge in [0, 0.05) is 19.3 Å². The van der Waals surface area contributed by atoms with Gasteiger partial charge in [0.2, 0.25) is 0 Å². The van der Waals surface area contributed by atoms with Crippen LogP contribution in [0.5, 0.6) is 0 Å². The number of piperidine rings is 1. The Morgan fingerprint density at radius 3 is 2.58 bits per heavy atom. The number of likely N-dealkylation sites (tertiary alicyclic amines) is 1. The Hall–Kier alpha value is -2.39. The minimum atomic E-state index is -4.54. The van der Waals surface area contributed by atoms with Gasteiger partial charge in [0.05, 0.1) is 29.2 Å². The Morgan fingerprint density at radius 1 is 1.15 bits per heavy atom. The van der Waals surface area contributed by atoms with Crippen molar-refractivity contribution in [3.63, 3.8) is 0 Å². The van der Waals surface area contributed by atoms with Crippen LogP contribution in [0.3, 0.4) is 0 Å². The molecule has 3 aromatic rings. The third-order valence-corrected chi connectivity index (χ3v) is 4.66. The Bertz CT molecular complexity index is 899. The number of aliphatic hydroxyl groups excluding tert-OH is 1. The topological polar surface area (TPSA) is 66.8 Å². The maximum Gasteiger partial charge on any atom is 0.417 e. The molecule has 1 saturated heterocycles. The maximum absolute atomic E-state index is 13.4. The summed E-state index contributed by atoms with van der Waals surface area (Å²) in [4.78, 5) is 9.85. The van der Waals surface area contributed by atoms with Gasteiger partial charge in [-0.05, 0) is 18.9 Å². The van der Waals surface area contributed by atoms with Crippen molar-refractivity contribution in [2.45, 2.75) is 31.7 Å². The summed E-state index contributed by atoms with van der Waals surface area (Å²) >= 11 is 0. The monoisotopic (exact) mass is 366 g/mol. The fourth-order valence-electron chi connectivity index (χ4n) is 3.33. The lowest BCUT2D eigenvalue weighted by Crippen LogP contribution is -2.34. The smallest absolute Gasteiger partial charge is 0.417 e. The van der Waals surface area contributed by atoms with Gasteiger partial charge in [0.1, 0.15) is 5.65 Å². The number of imidazole rings is 1. The number of hydrogen-bond acceptors (Lipinski definition) is 5. The molecule has 1 N–H and O–H groups in total. The molecule has 3 aromatic heterocycles. The molecular weight excluding hydrogens is 349 g/mol. The quantitative estimate of drug-likeness (QED) is 0.769. The SMILES string of the molecule is OC(c1cnc2c(-c3cnco3)cc(C(F)(F)F)cn12)N1CCCCC1. The first-order valence-corrected chi connectivity index (χ1v) is 8.34. The molecule has 26 heavy (non-hydrogen) atoms. The number of rotatable bonds is 3. The minimum absolute atomic E-state index is 0.175. The number of aromatic nitrogens is 3. The number of hydrogen-bond donors (Lipinski definition) is 1. The van der Waals surface area contributed by atoms with Crippen LogP contribution in [0, 0.1) is 0 Å². The van der Waals surface area contributed by atoms with Crippen molar-refractivity contribution in [1.29, 1.82) is 0 Å². The van der Waals surface area contributed by atoms with Crippen molar-refractivity contribution in [3.8, 4) is 11.3 Å². The zero-order valence-electron chi connectivity index (χ0n) is 13.8. The summed E-state index contributed by atoms with van der Waals surface area (Å²) in [7, 11) is 0. The van der Waals surface area contributed by atoms with Gasteiger partial charge in [-0.2, -0.15) is 13.2 Å². The van der Waals surface area contributed by atoms with Crippen LogP contribution in [0.4, 0.5) is 13.2 Å². The van der Waals surface area contributed by atoms with Crippen LogP contribution < -0.4 is 0 Å². The fraction of sp³-hybridized carbons (Fsp3) is 0.412. The van der Waals surface area contributed by atoms with Crippen LogP contribution >= 0.6 is 0 Å². The summed E-state index contributed by atoms with van der Waals surface area (Å²) in [5.74, 6) is 0.186. The third-order valence-electron chi connectivity index (χ3n) is 4.66. The first kappa shape index (κ1) is 17.0. The number of oxazole rings is 1. The predicted molar refractivity (Wildman–Crippen MR) is 86.1 cm³/mol. The minimum Gasteiger partial charge on any atom is -0.443 e. The zero-order valence-corrected chi connectivity index (χ0v) is 13.8. The molecule has 1 fully saturated rings. The molecule has 0 spiro atoms. The lowest BCUT2D eigenvalue weighted by Gasteiger charge is -2.30. The molecule has 1 aliphatic heterocycles. The Kier molecular flexibility index (Phi) is 4.20. The summed E-state index contributed by atoms with van der Waals surface area (Å²) in [5.41, 5.74) is -0.0921. The Labute approximate surface area is 146 Å². The second kappa shape index (κ2) is 6.40. The molecule has 1 aliphatic rings. The molecule has 4 rings (SSSR count). The van der Waals surface area contributed by atoms with E-state index < -0.39 is 18.0 Å². The lowest BCUT2D eigenvalue weighted by molar-refractivity contribution is -0.137. The van der Waals surface area contributed by atoms with E-state index in [0.29, 0.717) is 18.8 Å². The van der Waals surface area contributed by atoms with Crippen LogP contribution in [-0.2, 0) is 6.18 Å². The molecule has 0 aromatic carbocycles. The van der Waals surface area contributed by atoms with Crippen molar-refractivity contribution in [1.82, 2.24) is 19.3 Å². The standard InChI is InChI=1S/C17H17F3N4O2/c18-17(19,20)11-6-12(14-8-21-10-26-14)15-22-7-13(24(15)9-11)16(25)23-4-2-1-3-5-23/h6-10,16,25H,1-5H2. The highest BCUT2D eigenvalue weighted by molar-refractivity contribution is 5.74. The van der Waals surface area contributed by atoms with Crippen LogP contribution in [0.2, 0.25) is 0 Å². The van der Waals surface area contributed by atoms with Crippen LogP contribution in [0.15, 0.2) is 35.5 Å². The maximum atomic E-state index is 13.4. The first-order valence-electron chi connectivity index (χ1n) is 8.34.